The Morgan fingerprint density at radius 3 is 1.22 bits per heavy atom. The zero-order chi connectivity index (χ0) is 38.7. The van der Waals surface area contributed by atoms with Crippen LogP contribution in [0.4, 0.5) is 0 Å². The summed E-state index contributed by atoms with van der Waals surface area (Å²) in [6.07, 6.45) is 0. The molecule has 0 aliphatic heterocycles. The van der Waals surface area contributed by atoms with Crippen LogP contribution in [0.3, 0.4) is 0 Å². The van der Waals surface area contributed by atoms with Crippen LogP contribution in [-0.4, -0.2) is 0 Å². The van der Waals surface area contributed by atoms with E-state index in [1.54, 1.807) is 0 Å². The third-order valence-corrected chi connectivity index (χ3v) is 13.4. The van der Waals surface area contributed by atoms with Gasteiger partial charge in [-0.1, -0.05) is 188 Å². The summed E-state index contributed by atoms with van der Waals surface area (Å²) < 4.78 is 0. The minimum atomic E-state index is -0.414. The Morgan fingerprint density at radius 2 is 0.627 bits per heavy atom. The molecule has 0 N–H and O–H groups in total. The lowest BCUT2D eigenvalue weighted by atomic mass is 9.70. The van der Waals surface area contributed by atoms with E-state index in [1.807, 2.05) is 0 Å². The fourth-order valence-electron chi connectivity index (χ4n) is 10.9. The molecule has 0 saturated carbocycles. The molecule has 1 spiro atoms. The molecule has 0 heterocycles. The lowest BCUT2D eigenvalue weighted by Crippen LogP contribution is -2.25. The Balaban J connectivity index is 1.06. The molecule has 11 aromatic carbocycles. The average Bonchev–Trinajstić information content (AvgIpc) is 3.75. The summed E-state index contributed by atoms with van der Waals surface area (Å²) in [6.45, 7) is 0. The summed E-state index contributed by atoms with van der Waals surface area (Å²) in [5.41, 5.74) is 17.9. The monoisotopic (exact) mass is 744 g/mol. The van der Waals surface area contributed by atoms with Gasteiger partial charge in [0, 0.05) is 0 Å². The summed E-state index contributed by atoms with van der Waals surface area (Å²) in [5.74, 6) is 0. The van der Waals surface area contributed by atoms with Gasteiger partial charge in [-0.15, -0.1) is 0 Å². The van der Waals surface area contributed by atoms with Gasteiger partial charge in [0.2, 0.25) is 0 Å². The van der Waals surface area contributed by atoms with E-state index >= 15 is 0 Å². The van der Waals surface area contributed by atoms with Crippen LogP contribution < -0.4 is 0 Å². The van der Waals surface area contributed by atoms with Crippen LogP contribution >= 0.6 is 0 Å². The first kappa shape index (κ1) is 32.5. The molecule has 11 aromatic rings. The van der Waals surface area contributed by atoms with Gasteiger partial charge in [0.1, 0.15) is 0 Å². The van der Waals surface area contributed by atoms with Crippen molar-refractivity contribution in [2.45, 2.75) is 5.41 Å². The number of hydrogen-bond acceptors (Lipinski definition) is 0. The normalized spacial score (nSPS) is 13.2. The highest BCUT2D eigenvalue weighted by molar-refractivity contribution is 6.22. The predicted molar refractivity (Wildman–Crippen MR) is 249 cm³/mol. The third kappa shape index (κ3) is 4.49. The third-order valence-electron chi connectivity index (χ3n) is 13.4. The Hall–Kier alpha value is -7.54. The van der Waals surface area contributed by atoms with Crippen LogP contribution in [0.1, 0.15) is 22.3 Å². The van der Waals surface area contributed by atoms with Crippen molar-refractivity contribution in [1.29, 1.82) is 0 Å². The smallest absolute Gasteiger partial charge is 0.0622 e. The highest BCUT2D eigenvalue weighted by atomic mass is 14.5. The first-order valence-electron chi connectivity index (χ1n) is 20.7. The second-order valence-electron chi connectivity index (χ2n) is 16.3. The maximum Gasteiger partial charge on any atom is 0.0725 e. The zero-order valence-electron chi connectivity index (χ0n) is 32.3. The van der Waals surface area contributed by atoms with E-state index in [2.05, 4.69) is 218 Å². The Labute approximate surface area is 343 Å². The SMILES string of the molecule is c1ccc(-c2ccc(-c3c4ccccc4c(-c4ccc5cc6c(cc5c4)C4(c5ccccc5-c5ccccc54)c4cc5ccccc5cc4-6)c4ccccc34)cc2)cc1. The number of benzene rings is 11. The molecule has 0 amide bonds. The largest absolute Gasteiger partial charge is 0.0725 e. The molecule has 0 unspecified atom stereocenters. The van der Waals surface area contributed by atoms with E-state index in [-0.39, 0.29) is 0 Å². The predicted octanol–water partition coefficient (Wildman–Crippen LogP) is 15.6. The maximum absolute atomic E-state index is 2.53. The van der Waals surface area contributed by atoms with Crippen LogP contribution in [-0.2, 0) is 5.41 Å². The Bertz CT molecular complexity index is 3430. The second kappa shape index (κ2) is 12.2. The fourth-order valence-corrected chi connectivity index (χ4v) is 10.9. The van der Waals surface area contributed by atoms with Gasteiger partial charge >= 0.3 is 0 Å². The van der Waals surface area contributed by atoms with Gasteiger partial charge in [-0.05, 0) is 151 Å². The van der Waals surface area contributed by atoms with Gasteiger partial charge in [0.15, 0.2) is 0 Å². The van der Waals surface area contributed by atoms with Crippen LogP contribution in [0.5, 0.6) is 0 Å². The number of hydrogen-bond donors (Lipinski definition) is 0. The highest BCUT2D eigenvalue weighted by Gasteiger charge is 2.51. The van der Waals surface area contributed by atoms with Crippen molar-refractivity contribution in [2.75, 3.05) is 0 Å². The zero-order valence-corrected chi connectivity index (χ0v) is 32.3. The van der Waals surface area contributed by atoms with E-state index < -0.39 is 5.41 Å². The topological polar surface area (TPSA) is 0 Å². The molecule has 0 bridgehead atoms. The van der Waals surface area contributed by atoms with E-state index in [9.17, 15) is 0 Å². The minimum Gasteiger partial charge on any atom is -0.0622 e. The van der Waals surface area contributed by atoms with Crippen molar-refractivity contribution < 1.29 is 0 Å². The van der Waals surface area contributed by atoms with Gasteiger partial charge in [-0.2, -0.15) is 0 Å². The average molecular weight is 745 g/mol. The molecule has 0 aromatic heterocycles. The van der Waals surface area contributed by atoms with Gasteiger partial charge in [0.25, 0.3) is 0 Å². The van der Waals surface area contributed by atoms with Crippen molar-refractivity contribution in [1.82, 2.24) is 0 Å². The molecule has 0 heteroatoms. The lowest BCUT2D eigenvalue weighted by Gasteiger charge is -2.30. The molecule has 59 heavy (non-hydrogen) atoms. The van der Waals surface area contributed by atoms with Gasteiger partial charge in [-0.3, -0.25) is 0 Å². The van der Waals surface area contributed by atoms with Crippen LogP contribution in [0.15, 0.2) is 218 Å². The summed E-state index contributed by atoms with van der Waals surface area (Å²) in [7, 11) is 0. The van der Waals surface area contributed by atoms with Gasteiger partial charge in [0.05, 0.1) is 5.41 Å². The van der Waals surface area contributed by atoms with Crippen molar-refractivity contribution >= 4 is 43.1 Å². The second-order valence-corrected chi connectivity index (χ2v) is 16.3. The van der Waals surface area contributed by atoms with Crippen molar-refractivity contribution in [3.05, 3.63) is 241 Å². The number of fused-ring (bicyclic) bond motifs is 14. The summed E-state index contributed by atoms with van der Waals surface area (Å²) in [6, 6.07) is 81.9. The quantitative estimate of drug-likeness (QED) is 0.158. The Kier molecular flexibility index (Phi) is 6.74. The summed E-state index contributed by atoms with van der Waals surface area (Å²) >= 11 is 0. The lowest BCUT2D eigenvalue weighted by molar-refractivity contribution is 0.796. The first-order valence-corrected chi connectivity index (χ1v) is 20.7. The molecule has 2 aliphatic carbocycles. The molecular weight excluding hydrogens is 709 g/mol. The minimum absolute atomic E-state index is 0.414. The molecule has 0 atom stereocenters. The fraction of sp³-hybridized carbons (Fsp3) is 0.0169. The maximum atomic E-state index is 2.53. The van der Waals surface area contributed by atoms with E-state index in [1.165, 1.54) is 121 Å². The molecule has 0 saturated heterocycles. The summed E-state index contributed by atoms with van der Waals surface area (Å²) in [5, 5.41) is 10.1. The van der Waals surface area contributed by atoms with Crippen molar-refractivity contribution in [3.63, 3.8) is 0 Å². The highest BCUT2D eigenvalue weighted by Crippen LogP contribution is 2.63. The standard InChI is InChI=1S/C59H36/c1-2-14-37(15-3-1)38-26-28-39(29-27-38)57-47-20-6-8-22-49(47)58(50-23-9-7-21-48(50)57)43-31-30-42-34-52-51-33-40-16-4-5-17-41(40)35-55(51)59(56(52)36-44(42)32-43)53-24-12-10-18-45(53)46-19-11-13-25-54(46)59/h1-36H. The van der Waals surface area contributed by atoms with Gasteiger partial charge in [-0.25, -0.2) is 0 Å². The molecule has 13 rings (SSSR count). The van der Waals surface area contributed by atoms with Gasteiger partial charge < -0.3 is 0 Å². The molecular formula is C59H36. The first-order chi connectivity index (χ1) is 29.3. The van der Waals surface area contributed by atoms with E-state index in [0.29, 0.717) is 0 Å². The summed E-state index contributed by atoms with van der Waals surface area (Å²) in [4.78, 5) is 0. The molecule has 272 valence electrons. The Morgan fingerprint density at radius 1 is 0.220 bits per heavy atom. The van der Waals surface area contributed by atoms with E-state index in [0.717, 1.165) is 0 Å². The van der Waals surface area contributed by atoms with E-state index in [4.69, 9.17) is 0 Å². The molecule has 0 fully saturated rings. The molecule has 2 aliphatic rings. The van der Waals surface area contributed by atoms with Crippen LogP contribution in [0.2, 0.25) is 0 Å². The van der Waals surface area contributed by atoms with Crippen molar-refractivity contribution in [3.8, 4) is 55.6 Å². The van der Waals surface area contributed by atoms with Crippen LogP contribution in [0, 0.1) is 0 Å². The molecule has 0 radical (unpaired) electrons. The number of rotatable bonds is 3. The van der Waals surface area contributed by atoms with Crippen molar-refractivity contribution in [2.24, 2.45) is 0 Å². The molecule has 0 nitrogen and oxygen atoms in total. The van der Waals surface area contributed by atoms with Crippen LogP contribution in [0.25, 0.3) is 98.7 Å².